The first-order chi connectivity index (χ1) is 6.33. The van der Waals surface area contributed by atoms with Crippen LogP contribution in [0.25, 0.3) is 0 Å². The van der Waals surface area contributed by atoms with Crippen LogP contribution in [0.3, 0.4) is 0 Å². The topological polar surface area (TPSA) is 39.1 Å². The van der Waals surface area contributed by atoms with Gasteiger partial charge in [-0.2, -0.15) is 5.26 Å². The molecule has 2 fully saturated rings. The monoisotopic (exact) mass is 179 g/mol. The van der Waals surface area contributed by atoms with E-state index in [1.807, 2.05) is 0 Å². The maximum atomic E-state index is 8.65. The largest absolute Gasteiger partial charge is 0.315 e. The lowest BCUT2D eigenvalue weighted by molar-refractivity contribution is 0.193. The van der Waals surface area contributed by atoms with Gasteiger partial charge < -0.3 is 5.32 Å². The molecule has 1 unspecified atom stereocenters. The minimum absolute atomic E-state index is 0.444. The number of likely N-dealkylation sites (tertiary alicyclic amines) is 1. The van der Waals surface area contributed by atoms with Gasteiger partial charge in [0, 0.05) is 18.6 Å². The van der Waals surface area contributed by atoms with E-state index in [0.717, 1.165) is 12.5 Å². The third-order valence-electron chi connectivity index (χ3n) is 3.44. The van der Waals surface area contributed by atoms with Crippen molar-refractivity contribution in [3.05, 3.63) is 0 Å². The number of nitrogens with zero attached hydrogens (tertiary/aromatic N) is 2. The molecule has 2 aliphatic heterocycles. The molecule has 0 aliphatic carbocycles. The summed E-state index contributed by atoms with van der Waals surface area (Å²) in [5, 5.41) is 12.1. The van der Waals surface area contributed by atoms with Crippen molar-refractivity contribution in [3.63, 3.8) is 0 Å². The summed E-state index contributed by atoms with van der Waals surface area (Å²) in [7, 11) is 0. The first-order valence-electron chi connectivity index (χ1n) is 5.16. The summed E-state index contributed by atoms with van der Waals surface area (Å²) >= 11 is 0. The van der Waals surface area contributed by atoms with E-state index in [1.54, 1.807) is 0 Å². The van der Waals surface area contributed by atoms with Crippen LogP contribution in [0.4, 0.5) is 0 Å². The van der Waals surface area contributed by atoms with Crippen LogP contribution in [-0.2, 0) is 0 Å². The molecular formula is C10H17N3. The Hall–Kier alpha value is -0.590. The molecule has 13 heavy (non-hydrogen) atoms. The summed E-state index contributed by atoms with van der Waals surface area (Å²) in [6.07, 6.45) is 1.98. The quantitative estimate of drug-likeness (QED) is 0.674. The first kappa shape index (κ1) is 8.98. The Bertz CT molecular complexity index is 221. The molecule has 3 heteroatoms. The van der Waals surface area contributed by atoms with Crippen LogP contribution in [-0.4, -0.2) is 36.6 Å². The lowest BCUT2D eigenvalue weighted by Crippen LogP contribution is -2.40. The van der Waals surface area contributed by atoms with Crippen molar-refractivity contribution in [2.75, 3.05) is 19.6 Å². The first-order valence-corrected chi connectivity index (χ1v) is 5.16. The molecule has 2 saturated heterocycles. The van der Waals surface area contributed by atoms with Gasteiger partial charge in [0.25, 0.3) is 0 Å². The smallest absolute Gasteiger partial charge is 0.0638 e. The second-order valence-electron chi connectivity index (χ2n) is 4.22. The van der Waals surface area contributed by atoms with Gasteiger partial charge >= 0.3 is 0 Å². The number of nitrogens with one attached hydrogen (secondary N) is 1. The van der Waals surface area contributed by atoms with Gasteiger partial charge in [-0.15, -0.1) is 0 Å². The molecule has 0 amide bonds. The third kappa shape index (κ3) is 1.56. The van der Waals surface area contributed by atoms with Crippen LogP contribution < -0.4 is 5.32 Å². The average molecular weight is 179 g/mol. The highest BCUT2D eigenvalue weighted by molar-refractivity contribution is 4.97. The lowest BCUT2D eigenvalue weighted by atomic mass is 10.0. The zero-order valence-electron chi connectivity index (χ0n) is 8.16. The highest BCUT2D eigenvalue weighted by Crippen LogP contribution is 2.29. The molecule has 0 aromatic rings. The van der Waals surface area contributed by atoms with E-state index in [-0.39, 0.29) is 0 Å². The van der Waals surface area contributed by atoms with Gasteiger partial charge in [-0.3, -0.25) is 4.90 Å². The predicted molar refractivity (Wildman–Crippen MR) is 51.2 cm³/mol. The average Bonchev–Trinajstić information content (AvgIpc) is 2.62. The van der Waals surface area contributed by atoms with Crippen molar-refractivity contribution in [1.29, 1.82) is 5.26 Å². The van der Waals surface area contributed by atoms with Crippen molar-refractivity contribution in [2.45, 2.75) is 31.8 Å². The fourth-order valence-corrected chi connectivity index (χ4v) is 2.68. The molecule has 0 radical (unpaired) electrons. The molecule has 72 valence electrons. The minimum Gasteiger partial charge on any atom is -0.315 e. The summed E-state index contributed by atoms with van der Waals surface area (Å²) < 4.78 is 0. The standard InChI is InChI=1S/C10H17N3/c1-8(2-4-11)13-5-3-9-6-12-7-10(9)13/h8-10,12H,2-3,5-7H2,1H3/t8?,9-,10+/m1/s1. The Morgan fingerprint density at radius 3 is 3.23 bits per heavy atom. The van der Waals surface area contributed by atoms with Crippen LogP contribution in [0.5, 0.6) is 0 Å². The van der Waals surface area contributed by atoms with Crippen LogP contribution in [0.1, 0.15) is 19.8 Å². The Labute approximate surface area is 79.7 Å². The zero-order chi connectivity index (χ0) is 9.26. The molecule has 0 saturated carbocycles. The number of hydrogen-bond donors (Lipinski definition) is 1. The number of fused-ring (bicyclic) bond motifs is 1. The molecule has 1 N–H and O–H groups in total. The van der Waals surface area contributed by atoms with E-state index in [1.165, 1.54) is 19.5 Å². The lowest BCUT2D eigenvalue weighted by Gasteiger charge is -2.28. The molecule has 2 aliphatic rings. The van der Waals surface area contributed by atoms with E-state index < -0.39 is 0 Å². The Morgan fingerprint density at radius 1 is 1.62 bits per heavy atom. The molecule has 0 aromatic carbocycles. The van der Waals surface area contributed by atoms with Crippen molar-refractivity contribution in [1.82, 2.24) is 10.2 Å². The maximum Gasteiger partial charge on any atom is 0.0638 e. The third-order valence-corrected chi connectivity index (χ3v) is 3.44. The van der Waals surface area contributed by atoms with Crippen LogP contribution in [0.2, 0.25) is 0 Å². The second kappa shape index (κ2) is 3.65. The second-order valence-corrected chi connectivity index (χ2v) is 4.22. The fraction of sp³-hybridized carbons (Fsp3) is 0.900. The predicted octanol–water partition coefficient (Wildman–Crippen LogP) is 0.582. The normalized spacial score (nSPS) is 35.7. The molecule has 2 rings (SSSR count). The summed E-state index contributed by atoms with van der Waals surface area (Å²) in [4.78, 5) is 2.51. The zero-order valence-corrected chi connectivity index (χ0v) is 8.16. The fourth-order valence-electron chi connectivity index (χ4n) is 2.68. The van der Waals surface area contributed by atoms with Crippen LogP contribution in [0, 0.1) is 17.2 Å². The van der Waals surface area contributed by atoms with Gasteiger partial charge in [0.1, 0.15) is 0 Å². The SMILES string of the molecule is CC(CC#N)N1CC[C@@H]2CNC[C@@H]21. The highest BCUT2D eigenvalue weighted by Gasteiger charge is 2.39. The van der Waals surface area contributed by atoms with Gasteiger partial charge in [0.05, 0.1) is 12.5 Å². The summed E-state index contributed by atoms with van der Waals surface area (Å²) in [6, 6.07) is 3.42. The van der Waals surface area contributed by atoms with E-state index in [0.29, 0.717) is 18.5 Å². The van der Waals surface area contributed by atoms with Crippen molar-refractivity contribution in [3.8, 4) is 6.07 Å². The summed E-state index contributed by atoms with van der Waals surface area (Å²) in [5.41, 5.74) is 0. The number of rotatable bonds is 2. The summed E-state index contributed by atoms with van der Waals surface area (Å²) in [5.74, 6) is 0.848. The van der Waals surface area contributed by atoms with Crippen molar-refractivity contribution < 1.29 is 0 Å². The van der Waals surface area contributed by atoms with Crippen LogP contribution >= 0.6 is 0 Å². The van der Waals surface area contributed by atoms with E-state index in [9.17, 15) is 0 Å². The molecule has 2 heterocycles. The molecular weight excluding hydrogens is 162 g/mol. The number of hydrogen-bond acceptors (Lipinski definition) is 3. The molecule has 3 nitrogen and oxygen atoms in total. The maximum absolute atomic E-state index is 8.65. The van der Waals surface area contributed by atoms with Gasteiger partial charge in [0.2, 0.25) is 0 Å². The minimum atomic E-state index is 0.444. The Balaban J connectivity index is 1.97. The van der Waals surface area contributed by atoms with Crippen molar-refractivity contribution >= 4 is 0 Å². The molecule has 0 bridgehead atoms. The Kier molecular flexibility index (Phi) is 2.52. The van der Waals surface area contributed by atoms with Gasteiger partial charge in [0.15, 0.2) is 0 Å². The van der Waals surface area contributed by atoms with Crippen molar-refractivity contribution in [2.24, 2.45) is 5.92 Å². The molecule has 0 aromatic heterocycles. The Morgan fingerprint density at radius 2 is 2.46 bits per heavy atom. The van der Waals surface area contributed by atoms with Gasteiger partial charge in [-0.1, -0.05) is 0 Å². The van der Waals surface area contributed by atoms with E-state index in [2.05, 4.69) is 23.2 Å². The highest BCUT2D eigenvalue weighted by atomic mass is 15.2. The van der Waals surface area contributed by atoms with Gasteiger partial charge in [-0.05, 0) is 32.4 Å². The van der Waals surface area contributed by atoms with Crippen LogP contribution in [0.15, 0.2) is 0 Å². The van der Waals surface area contributed by atoms with E-state index in [4.69, 9.17) is 5.26 Å². The van der Waals surface area contributed by atoms with Gasteiger partial charge in [-0.25, -0.2) is 0 Å². The molecule has 0 spiro atoms. The van der Waals surface area contributed by atoms with E-state index >= 15 is 0 Å². The molecule has 3 atom stereocenters. The number of nitriles is 1. The summed E-state index contributed by atoms with van der Waals surface area (Å²) in [6.45, 7) is 5.67.